The standard InChI is InChI=1S/C17H15FN4O4/c18-11-7-9(1-2-12(11)21-3-5-26-6-4-21)22-13(23)8-10-14(15(22)19)17(25)20-16(10)24/h1-2,7-8H,3-6,19H2,(H,20,24,25). The average molecular weight is 358 g/mol. The summed E-state index contributed by atoms with van der Waals surface area (Å²) in [5.41, 5.74) is 5.76. The zero-order valence-corrected chi connectivity index (χ0v) is 13.6. The van der Waals surface area contributed by atoms with E-state index in [0.29, 0.717) is 32.0 Å². The Morgan fingerprint density at radius 2 is 1.81 bits per heavy atom. The molecule has 1 fully saturated rings. The number of amides is 2. The van der Waals surface area contributed by atoms with Crippen LogP contribution in [0.2, 0.25) is 0 Å². The van der Waals surface area contributed by atoms with Crippen molar-refractivity contribution in [3.05, 3.63) is 51.6 Å². The summed E-state index contributed by atoms with van der Waals surface area (Å²) in [6.45, 7) is 2.17. The van der Waals surface area contributed by atoms with Crippen LogP contribution < -0.4 is 21.5 Å². The Labute approximate surface area is 147 Å². The maximum atomic E-state index is 14.6. The highest BCUT2D eigenvalue weighted by Crippen LogP contribution is 2.26. The molecule has 0 unspecified atom stereocenters. The highest BCUT2D eigenvalue weighted by molar-refractivity contribution is 6.23. The second kappa shape index (κ2) is 5.95. The predicted molar refractivity (Wildman–Crippen MR) is 91.2 cm³/mol. The SMILES string of the molecule is Nc1c2c(cc(=O)n1-c1ccc(N3CCOCC3)c(F)c1)C(=O)NC2=O. The summed E-state index contributed by atoms with van der Waals surface area (Å²) in [5, 5.41) is 2.09. The van der Waals surface area contributed by atoms with Crippen molar-refractivity contribution in [2.75, 3.05) is 36.9 Å². The molecule has 1 aromatic heterocycles. The third-order valence-corrected chi connectivity index (χ3v) is 4.49. The van der Waals surface area contributed by atoms with Crippen LogP contribution in [0.25, 0.3) is 5.69 Å². The lowest BCUT2D eigenvalue weighted by Gasteiger charge is -2.29. The molecule has 0 aliphatic carbocycles. The minimum absolute atomic E-state index is 0.0702. The van der Waals surface area contributed by atoms with Crippen LogP contribution in [0.1, 0.15) is 20.7 Å². The number of morpholine rings is 1. The van der Waals surface area contributed by atoms with Crippen molar-refractivity contribution >= 4 is 23.3 Å². The monoisotopic (exact) mass is 358 g/mol. The largest absolute Gasteiger partial charge is 0.384 e. The van der Waals surface area contributed by atoms with Gasteiger partial charge >= 0.3 is 0 Å². The number of benzene rings is 1. The lowest BCUT2D eigenvalue weighted by atomic mass is 10.1. The van der Waals surface area contributed by atoms with Gasteiger partial charge in [-0.05, 0) is 12.1 Å². The van der Waals surface area contributed by atoms with Gasteiger partial charge in [-0.1, -0.05) is 0 Å². The molecule has 1 saturated heterocycles. The molecule has 1 aromatic carbocycles. The van der Waals surface area contributed by atoms with Gasteiger partial charge in [-0.2, -0.15) is 0 Å². The van der Waals surface area contributed by atoms with Crippen molar-refractivity contribution in [3.63, 3.8) is 0 Å². The number of nitrogens with two attached hydrogens (primary N) is 1. The third-order valence-electron chi connectivity index (χ3n) is 4.49. The van der Waals surface area contributed by atoms with E-state index in [-0.39, 0.29) is 22.6 Å². The van der Waals surface area contributed by atoms with E-state index in [1.54, 1.807) is 12.1 Å². The van der Waals surface area contributed by atoms with E-state index in [9.17, 15) is 18.8 Å². The lowest BCUT2D eigenvalue weighted by molar-refractivity contribution is 0.0880. The van der Waals surface area contributed by atoms with Crippen LogP contribution in [-0.4, -0.2) is 42.7 Å². The normalized spacial score (nSPS) is 16.6. The molecule has 0 radical (unpaired) electrons. The van der Waals surface area contributed by atoms with Gasteiger partial charge in [0.25, 0.3) is 17.4 Å². The number of fused-ring (bicyclic) bond motifs is 1. The van der Waals surface area contributed by atoms with Crippen LogP contribution in [0.15, 0.2) is 29.1 Å². The molecule has 26 heavy (non-hydrogen) atoms. The third kappa shape index (κ3) is 2.44. The average Bonchev–Trinajstić information content (AvgIpc) is 2.89. The first-order valence-corrected chi connectivity index (χ1v) is 8.01. The second-order valence-corrected chi connectivity index (χ2v) is 6.01. The number of hydrogen-bond donors (Lipinski definition) is 2. The Hall–Kier alpha value is -3.20. The molecule has 3 N–H and O–H groups in total. The number of anilines is 2. The zero-order chi connectivity index (χ0) is 18.4. The minimum atomic E-state index is -0.679. The first-order valence-electron chi connectivity index (χ1n) is 8.01. The van der Waals surface area contributed by atoms with Gasteiger partial charge in [0, 0.05) is 25.2 Å². The van der Waals surface area contributed by atoms with Crippen molar-refractivity contribution in [2.45, 2.75) is 0 Å². The predicted octanol–water partition coefficient (Wildman–Crippen LogP) is 0.279. The summed E-state index contributed by atoms with van der Waals surface area (Å²) in [5.74, 6) is -2.07. The number of hydrogen-bond acceptors (Lipinski definition) is 6. The van der Waals surface area contributed by atoms with Gasteiger partial charge < -0.3 is 15.4 Å². The van der Waals surface area contributed by atoms with Crippen molar-refractivity contribution in [1.82, 2.24) is 9.88 Å². The van der Waals surface area contributed by atoms with E-state index in [4.69, 9.17) is 10.5 Å². The van der Waals surface area contributed by atoms with Gasteiger partial charge in [0.2, 0.25) is 0 Å². The fourth-order valence-corrected chi connectivity index (χ4v) is 3.24. The van der Waals surface area contributed by atoms with Gasteiger partial charge in [0.15, 0.2) is 0 Å². The lowest BCUT2D eigenvalue weighted by Crippen LogP contribution is -2.36. The highest BCUT2D eigenvalue weighted by Gasteiger charge is 2.32. The van der Waals surface area contributed by atoms with Crippen LogP contribution in [0.5, 0.6) is 0 Å². The number of pyridine rings is 1. The summed E-state index contributed by atoms with van der Waals surface area (Å²) < 4.78 is 20.9. The number of nitrogens with zero attached hydrogens (tertiary/aromatic N) is 2. The Morgan fingerprint density at radius 3 is 2.50 bits per heavy atom. The fraction of sp³-hybridized carbons (Fsp3) is 0.235. The van der Waals surface area contributed by atoms with Crippen molar-refractivity contribution in [3.8, 4) is 5.69 Å². The number of nitrogen functional groups attached to an aromatic ring is 1. The summed E-state index contributed by atoms with van der Waals surface area (Å²) >= 11 is 0. The molecule has 4 rings (SSSR count). The van der Waals surface area contributed by atoms with Gasteiger partial charge in [0.1, 0.15) is 11.6 Å². The molecule has 8 nitrogen and oxygen atoms in total. The number of nitrogens with one attached hydrogen (secondary N) is 1. The maximum Gasteiger partial charge on any atom is 0.262 e. The first kappa shape index (κ1) is 16.3. The smallest absolute Gasteiger partial charge is 0.262 e. The van der Waals surface area contributed by atoms with E-state index in [2.05, 4.69) is 5.32 Å². The Kier molecular flexibility index (Phi) is 3.73. The number of carbonyl (C=O) groups is 2. The highest BCUT2D eigenvalue weighted by atomic mass is 19.1. The Balaban J connectivity index is 1.80. The van der Waals surface area contributed by atoms with Gasteiger partial charge in [-0.3, -0.25) is 24.3 Å². The number of ether oxygens (including phenoxy) is 1. The summed E-state index contributed by atoms with van der Waals surface area (Å²) in [7, 11) is 0. The molecule has 134 valence electrons. The van der Waals surface area contributed by atoms with Crippen LogP contribution in [0, 0.1) is 5.82 Å². The molecule has 0 atom stereocenters. The topological polar surface area (TPSA) is 107 Å². The van der Waals surface area contributed by atoms with Crippen LogP contribution in [0.4, 0.5) is 15.9 Å². The van der Waals surface area contributed by atoms with E-state index in [1.165, 1.54) is 6.07 Å². The fourth-order valence-electron chi connectivity index (χ4n) is 3.24. The van der Waals surface area contributed by atoms with Crippen LogP contribution in [0.3, 0.4) is 0 Å². The van der Waals surface area contributed by atoms with Crippen molar-refractivity contribution in [2.24, 2.45) is 0 Å². The number of aromatic nitrogens is 1. The molecular weight excluding hydrogens is 343 g/mol. The number of imide groups is 1. The van der Waals surface area contributed by atoms with E-state index in [1.807, 2.05) is 4.90 Å². The molecule has 2 aliphatic heterocycles. The van der Waals surface area contributed by atoms with Crippen molar-refractivity contribution in [1.29, 1.82) is 0 Å². The zero-order valence-electron chi connectivity index (χ0n) is 13.6. The number of carbonyl (C=O) groups excluding carboxylic acids is 2. The molecule has 0 saturated carbocycles. The molecular formula is C17H15FN4O4. The first-order chi connectivity index (χ1) is 12.5. The van der Waals surface area contributed by atoms with E-state index in [0.717, 1.165) is 10.6 Å². The minimum Gasteiger partial charge on any atom is -0.384 e. The molecule has 0 bridgehead atoms. The molecule has 0 spiro atoms. The maximum absolute atomic E-state index is 14.6. The Bertz CT molecular complexity index is 995. The van der Waals surface area contributed by atoms with Gasteiger partial charge in [-0.25, -0.2) is 4.39 Å². The van der Waals surface area contributed by atoms with Crippen molar-refractivity contribution < 1.29 is 18.7 Å². The molecule has 3 heterocycles. The molecule has 2 aliphatic rings. The molecule has 9 heteroatoms. The molecule has 2 amide bonds. The number of halogens is 1. The van der Waals surface area contributed by atoms with E-state index >= 15 is 0 Å². The van der Waals surface area contributed by atoms with E-state index < -0.39 is 23.2 Å². The van der Waals surface area contributed by atoms with Crippen LogP contribution >= 0.6 is 0 Å². The van der Waals surface area contributed by atoms with Gasteiger partial charge in [0.05, 0.1) is 35.7 Å². The second-order valence-electron chi connectivity index (χ2n) is 6.01. The van der Waals surface area contributed by atoms with Crippen LogP contribution in [-0.2, 0) is 4.74 Å². The molecule has 2 aromatic rings. The summed E-state index contributed by atoms with van der Waals surface area (Å²) in [6, 6.07) is 5.32. The Morgan fingerprint density at radius 1 is 1.08 bits per heavy atom. The number of rotatable bonds is 2. The summed E-state index contributed by atoms with van der Waals surface area (Å²) in [4.78, 5) is 37.8. The summed E-state index contributed by atoms with van der Waals surface area (Å²) in [6.07, 6.45) is 0. The quantitative estimate of drug-likeness (QED) is 0.747. The van der Waals surface area contributed by atoms with Gasteiger partial charge in [-0.15, -0.1) is 0 Å².